The first-order valence-electron chi connectivity index (χ1n) is 10.3. The quantitative estimate of drug-likeness (QED) is 0.631. The van der Waals surface area contributed by atoms with Crippen molar-refractivity contribution < 1.29 is 27.5 Å². The molecular weight excluding hydrogens is 406 g/mol. The van der Waals surface area contributed by atoms with E-state index in [-0.39, 0.29) is 18.9 Å². The Labute approximate surface area is 179 Å². The number of carbonyl (C=O) groups is 2. The van der Waals surface area contributed by atoms with Crippen LogP contribution in [0.4, 0.5) is 4.79 Å². The molecule has 7 nitrogen and oxygen atoms in total. The fourth-order valence-electron chi connectivity index (χ4n) is 3.33. The van der Waals surface area contributed by atoms with Crippen LogP contribution in [0.3, 0.4) is 0 Å². The molecule has 0 saturated carbocycles. The van der Waals surface area contributed by atoms with Gasteiger partial charge in [0.1, 0.15) is 12.2 Å². The van der Waals surface area contributed by atoms with E-state index in [0.29, 0.717) is 13.0 Å². The van der Waals surface area contributed by atoms with Crippen molar-refractivity contribution in [2.45, 2.75) is 58.5 Å². The monoisotopic (exact) mass is 439 g/mol. The number of rotatable bonds is 6. The van der Waals surface area contributed by atoms with Gasteiger partial charge in [0.2, 0.25) is 0 Å². The Morgan fingerprint density at radius 1 is 1.17 bits per heavy atom. The maximum absolute atomic E-state index is 12.8. The molecule has 1 aliphatic heterocycles. The van der Waals surface area contributed by atoms with Crippen LogP contribution in [0, 0.1) is 11.8 Å². The van der Waals surface area contributed by atoms with Gasteiger partial charge in [-0.2, -0.15) is 0 Å². The number of nitrogens with zero attached hydrogens (tertiary/aromatic N) is 1. The number of likely N-dealkylation sites (tertiary alicyclic amines) is 1. The van der Waals surface area contributed by atoms with E-state index in [1.54, 1.807) is 34.6 Å². The third-order valence-corrected chi connectivity index (χ3v) is 7.41. The summed E-state index contributed by atoms with van der Waals surface area (Å²) in [7, 11) is -3.40. The highest BCUT2D eigenvalue weighted by atomic mass is 32.2. The Bertz CT molecular complexity index is 829. The Kier molecular flexibility index (Phi) is 7.91. The minimum atomic E-state index is -3.40. The van der Waals surface area contributed by atoms with Gasteiger partial charge in [0.25, 0.3) is 0 Å². The highest BCUT2D eigenvalue weighted by Gasteiger charge is 2.40. The summed E-state index contributed by atoms with van der Waals surface area (Å²) < 4.78 is 36.0. The Morgan fingerprint density at radius 2 is 1.80 bits per heavy atom. The molecule has 1 aromatic carbocycles. The van der Waals surface area contributed by atoms with Crippen LogP contribution in [0.2, 0.25) is 0 Å². The Balaban J connectivity index is 2.13. The predicted molar refractivity (Wildman–Crippen MR) is 115 cm³/mol. The van der Waals surface area contributed by atoms with E-state index < -0.39 is 44.6 Å². The van der Waals surface area contributed by atoms with Gasteiger partial charge in [-0.15, -0.1) is 0 Å². The van der Waals surface area contributed by atoms with Crippen LogP contribution in [0.25, 0.3) is 0 Å². The van der Waals surface area contributed by atoms with Gasteiger partial charge in [-0.1, -0.05) is 30.3 Å². The lowest BCUT2D eigenvalue weighted by atomic mass is 9.87. The lowest BCUT2D eigenvalue weighted by molar-refractivity contribution is -0.153. The van der Waals surface area contributed by atoms with Gasteiger partial charge in [0.05, 0.1) is 16.9 Å². The highest BCUT2D eigenvalue weighted by molar-refractivity contribution is 7.91. The summed E-state index contributed by atoms with van der Waals surface area (Å²) in [6, 6.07) is 9.32. The number of ether oxygens (including phenoxy) is 2. The molecule has 2 unspecified atom stereocenters. The van der Waals surface area contributed by atoms with E-state index in [1.165, 1.54) is 4.90 Å². The molecule has 1 aliphatic rings. The molecule has 8 heteroatoms. The normalized spacial score (nSPS) is 20.1. The van der Waals surface area contributed by atoms with E-state index >= 15 is 0 Å². The molecule has 2 atom stereocenters. The largest absolute Gasteiger partial charge is 0.461 e. The molecule has 0 N–H and O–H groups in total. The molecule has 1 saturated heterocycles. The SMILES string of the molecule is CC(C)S(=O)(=O)CC1CN(C(=O)OC(C)(C)C)CCC1C(=O)OCc1ccccc1. The lowest BCUT2D eigenvalue weighted by Crippen LogP contribution is -2.50. The van der Waals surface area contributed by atoms with Gasteiger partial charge >= 0.3 is 12.1 Å². The fraction of sp³-hybridized carbons (Fsp3) is 0.636. The first kappa shape index (κ1) is 24.2. The first-order valence-corrected chi connectivity index (χ1v) is 12.0. The number of hydrogen-bond donors (Lipinski definition) is 0. The van der Waals surface area contributed by atoms with E-state index in [9.17, 15) is 18.0 Å². The van der Waals surface area contributed by atoms with Gasteiger partial charge in [-0.25, -0.2) is 13.2 Å². The van der Waals surface area contributed by atoms with Crippen molar-refractivity contribution >= 4 is 21.9 Å². The second kappa shape index (κ2) is 9.81. The molecule has 0 radical (unpaired) electrons. The van der Waals surface area contributed by atoms with Crippen molar-refractivity contribution in [2.24, 2.45) is 11.8 Å². The molecule has 1 heterocycles. The zero-order valence-corrected chi connectivity index (χ0v) is 19.3. The van der Waals surface area contributed by atoms with Gasteiger partial charge in [-0.3, -0.25) is 4.79 Å². The van der Waals surface area contributed by atoms with Gasteiger partial charge in [-0.05, 0) is 46.6 Å². The van der Waals surface area contributed by atoms with E-state index in [4.69, 9.17) is 9.47 Å². The minimum absolute atomic E-state index is 0.135. The van der Waals surface area contributed by atoms with Crippen LogP contribution >= 0.6 is 0 Å². The topological polar surface area (TPSA) is 90.0 Å². The maximum Gasteiger partial charge on any atom is 0.410 e. The summed E-state index contributed by atoms with van der Waals surface area (Å²) in [5.41, 5.74) is 0.214. The number of benzene rings is 1. The number of hydrogen-bond acceptors (Lipinski definition) is 6. The second-order valence-electron chi connectivity index (χ2n) is 9.05. The number of amides is 1. The van der Waals surface area contributed by atoms with E-state index in [0.717, 1.165) is 5.56 Å². The summed E-state index contributed by atoms with van der Waals surface area (Å²) in [5.74, 6) is -1.72. The van der Waals surface area contributed by atoms with Gasteiger partial charge in [0.15, 0.2) is 9.84 Å². The molecule has 2 rings (SSSR count). The first-order chi connectivity index (χ1) is 13.9. The van der Waals surface area contributed by atoms with Gasteiger partial charge < -0.3 is 14.4 Å². The summed E-state index contributed by atoms with van der Waals surface area (Å²) in [6.07, 6.45) is -0.156. The highest BCUT2D eigenvalue weighted by Crippen LogP contribution is 2.29. The number of carbonyl (C=O) groups excluding carboxylic acids is 2. The minimum Gasteiger partial charge on any atom is -0.461 e. The standard InChI is InChI=1S/C22H33NO6S/c1-16(2)30(26,27)15-18-13-23(21(25)29-22(3,4)5)12-11-19(18)20(24)28-14-17-9-7-6-8-10-17/h6-10,16,18-19H,11-15H2,1-5H3. The van der Waals surface area contributed by atoms with Crippen molar-refractivity contribution in [1.82, 2.24) is 4.90 Å². The number of esters is 1. The van der Waals surface area contributed by atoms with Crippen LogP contribution in [-0.4, -0.2) is 55.1 Å². The predicted octanol–water partition coefficient (Wildman–Crippen LogP) is 3.43. The second-order valence-corrected chi connectivity index (χ2v) is 11.7. The molecule has 1 aromatic rings. The molecule has 1 amide bonds. The third kappa shape index (κ3) is 7.00. The fourth-order valence-corrected chi connectivity index (χ4v) is 4.65. The third-order valence-electron chi connectivity index (χ3n) is 5.08. The molecule has 0 aromatic heterocycles. The van der Waals surface area contributed by atoms with Gasteiger partial charge in [0, 0.05) is 19.0 Å². The Morgan fingerprint density at radius 3 is 2.37 bits per heavy atom. The van der Waals surface area contributed by atoms with E-state index in [2.05, 4.69) is 0 Å². The molecule has 1 fully saturated rings. The number of sulfone groups is 1. The van der Waals surface area contributed by atoms with Crippen molar-refractivity contribution in [3.8, 4) is 0 Å². The molecule has 0 aliphatic carbocycles. The summed E-state index contributed by atoms with van der Waals surface area (Å²) in [5, 5.41) is -0.560. The average Bonchev–Trinajstić information content (AvgIpc) is 2.65. The zero-order chi connectivity index (χ0) is 22.5. The molecule has 0 bridgehead atoms. The Hall–Kier alpha value is -2.09. The van der Waals surface area contributed by atoms with E-state index in [1.807, 2.05) is 30.3 Å². The van der Waals surface area contributed by atoms with Crippen molar-refractivity contribution in [3.05, 3.63) is 35.9 Å². The molecule has 30 heavy (non-hydrogen) atoms. The van der Waals surface area contributed by atoms with Crippen molar-refractivity contribution in [1.29, 1.82) is 0 Å². The lowest BCUT2D eigenvalue weighted by Gasteiger charge is -2.38. The summed E-state index contributed by atoms with van der Waals surface area (Å²) >= 11 is 0. The van der Waals surface area contributed by atoms with Crippen LogP contribution in [0.15, 0.2) is 30.3 Å². The molecule has 0 spiro atoms. The average molecular weight is 440 g/mol. The smallest absolute Gasteiger partial charge is 0.410 e. The number of piperidine rings is 1. The van der Waals surface area contributed by atoms with Crippen LogP contribution < -0.4 is 0 Å². The van der Waals surface area contributed by atoms with Crippen LogP contribution in [0.1, 0.15) is 46.6 Å². The summed E-state index contributed by atoms with van der Waals surface area (Å²) in [6.45, 7) is 9.16. The van der Waals surface area contributed by atoms with Crippen molar-refractivity contribution in [2.75, 3.05) is 18.8 Å². The maximum atomic E-state index is 12.8. The zero-order valence-electron chi connectivity index (χ0n) is 18.5. The summed E-state index contributed by atoms with van der Waals surface area (Å²) in [4.78, 5) is 26.8. The molecular formula is C22H33NO6S. The van der Waals surface area contributed by atoms with Crippen LogP contribution in [0.5, 0.6) is 0 Å². The molecule has 168 valence electrons. The van der Waals surface area contributed by atoms with Crippen molar-refractivity contribution in [3.63, 3.8) is 0 Å². The van der Waals surface area contributed by atoms with Crippen LogP contribution in [-0.2, 0) is 30.7 Å².